The van der Waals surface area contributed by atoms with Crippen molar-refractivity contribution < 1.29 is 4.42 Å². The lowest BCUT2D eigenvalue weighted by Gasteiger charge is -2.12. The summed E-state index contributed by atoms with van der Waals surface area (Å²) in [4.78, 5) is 9.35. The predicted octanol–water partition coefficient (Wildman–Crippen LogP) is 4.12. The van der Waals surface area contributed by atoms with Gasteiger partial charge in [-0.25, -0.2) is 9.97 Å². The van der Waals surface area contributed by atoms with Crippen molar-refractivity contribution in [3.63, 3.8) is 0 Å². The number of nitrogens with one attached hydrogen (secondary N) is 1. The van der Waals surface area contributed by atoms with Crippen LogP contribution in [0.3, 0.4) is 0 Å². The van der Waals surface area contributed by atoms with E-state index in [0.717, 1.165) is 39.7 Å². The largest absolute Gasteiger partial charge is 0.461 e. The van der Waals surface area contributed by atoms with Crippen molar-refractivity contribution in [3.05, 3.63) is 28.2 Å². The van der Waals surface area contributed by atoms with Gasteiger partial charge in [0.05, 0.1) is 10.7 Å². The maximum absolute atomic E-state index is 5.55. The van der Waals surface area contributed by atoms with Crippen molar-refractivity contribution >= 4 is 21.7 Å². The fraction of sp³-hybridized carbons (Fsp3) is 0.429. The Morgan fingerprint density at radius 2 is 2.21 bits per heavy atom. The minimum Gasteiger partial charge on any atom is -0.461 e. The quantitative estimate of drug-likeness (QED) is 0.920. The lowest BCUT2D eigenvalue weighted by molar-refractivity contribution is 0.577. The second kappa shape index (κ2) is 4.96. The van der Waals surface area contributed by atoms with Crippen molar-refractivity contribution in [3.8, 4) is 11.5 Å². The summed E-state index contributed by atoms with van der Waals surface area (Å²) in [6.45, 7) is 4.94. The number of hydrogen-bond acceptors (Lipinski definition) is 4. The Kier molecular flexibility index (Phi) is 3.31. The van der Waals surface area contributed by atoms with Gasteiger partial charge in [-0.1, -0.05) is 0 Å². The molecule has 0 unspecified atom stereocenters. The molecule has 19 heavy (non-hydrogen) atoms. The van der Waals surface area contributed by atoms with Gasteiger partial charge in [0.15, 0.2) is 5.76 Å². The SMILES string of the molecule is CCNc1nc(C2CC2)nc(-c2occc2Br)c1C. The Hall–Kier alpha value is -1.36. The molecule has 1 N–H and O–H groups in total. The third kappa shape index (κ3) is 2.39. The van der Waals surface area contributed by atoms with E-state index in [0.29, 0.717) is 5.92 Å². The van der Waals surface area contributed by atoms with E-state index >= 15 is 0 Å². The number of anilines is 1. The van der Waals surface area contributed by atoms with E-state index in [1.54, 1.807) is 6.26 Å². The predicted molar refractivity (Wildman–Crippen MR) is 78.3 cm³/mol. The van der Waals surface area contributed by atoms with Crippen molar-refractivity contribution in [2.45, 2.75) is 32.6 Å². The number of hydrogen-bond donors (Lipinski definition) is 1. The molecule has 2 heterocycles. The monoisotopic (exact) mass is 321 g/mol. The third-order valence-electron chi connectivity index (χ3n) is 3.28. The first-order chi connectivity index (χ1) is 9.20. The van der Waals surface area contributed by atoms with Crippen molar-refractivity contribution in [2.24, 2.45) is 0 Å². The standard InChI is InChI=1S/C14H16BrN3O/c1-3-16-13-8(2)11(12-10(15)6-7-19-12)17-14(18-13)9-4-5-9/h6-7,9H,3-5H2,1-2H3,(H,16,17,18). The highest BCUT2D eigenvalue weighted by Gasteiger charge is 2.29. The first-order valence-electron chi connectivity index (χ1n) is 6.56. The summed E-state index contributed by atoms with van der Waals surface area (Å²) in [7, 11) is 0. The van der Waals surface area contributed by atoms with Gasteiger partial charge in [0, 0.05) is 18.0 Å². The Morgan fingerprint density at radius 1 is 1.42 bits per heavy atom. The van der Waals surface area contributed by atoms with Crippen LogP contribution < -0.4 is 5.32 Å². The molecule has 1 fully saturated rings. The summed E-state index contributed by atoms with van der Waals surface area (Å²) in [6.07, 6.45) is 4.05. The van der Waals surface area contributed by atoms with Crippen LogP contribution >= 0.6 is 15.9 Å². The van der Waals surface area contributed by atoms with Gasteiger partial charge in [-0.2, -0.15) is 0 Å². The molecule has 0 atom stereocenters. The first-order valence-corrected chi connectivity index (χ1v) is 7.35. The van der Waals surface area contributed by atoms with Crippen LogP contribution in [0, 0.1) is 6.92 Å². The van der Waals surface area contributed by atoms with Gasteiger partial charge in [0.1, 0.15) is 17.3 Å². The average Bonchev–Trinajstić information content (AvgIpc) is 3.15. The minimum absolute atomic E-state index is 0.519. The van der Waals surface area contributed by atoms with Crippen molar-refractivity contribution in [1.29, 1.82) is 0 Å². The fourth-order valence-corrected chi connectivity index (χ4v) is 2.47. The highest BCUT2D eigenvalue weighted by Crippen LogP contribution is 2.41. The van der Waals surface area contributed by atoms with Crippen molar-refractivity contribution in [1.82, 2.24) is 9.97 Å². The molecule has 0 spiro atoms. The van der Waals surface area contributed by atoms with Gasteiger partial charge in [-0.3, -0.25) is 0 Å². The fourth-order valence-electron chi connectivity index (χ4n) is 2.08. The van der Waals surface area contributed by atoms with E-state index in [2.05, 4.69) is 33.2 Å². The molecule has 1 aliphatic rings. The molecule has 0 radical (unpaired) electrons. The molecule has 1 aliphatic carbocycles. The number of nitrogens with zero attached hydrogens (tertiary/aromatic N) is 2. The first kappa shape index (κ1) is 12.7. The van der Waals surface area contributed by atoms with Crippen LogP contribution in [0.1, 0.15) is 37.1 Å². The molecule has 0 bridgehead atoms. The highest BCUT2D eigenvalue weighted by atomic mass is 79.9. The molecule has 5 heteroatoms. The highest BCUT2D eigenvalue weighted by molar-refractivity contribution is 9.10. The van der Waals surface area contributed by atoms with Gasteiger partial charge >= 0.3 is 0 Å². The van der Waals surface area contributed by atoms with Crippen LogP contribution in [-0.2, 0) is 0 Å². The Balaban J connectivity index is 2.13. The zero-order valence-electron chi connectivity index (χ0n) is 11.0. The van der Waals surface area contributed by atoms with Crippen LogP contribution in [0.25, 0.3) is 11.5 Å². The normalized spacial score (nSPS) is 14.7. The smallest absolute Gasteiger partial charge is 0.166 e. The van der Waals surface area contributed by atoms with E-state index in [1.807, 2.05) is 13.0 Å². The van der Waals surface area contributed by atoms with E-state index in [1.165, 1.54) is 12.8 Å². The number of furan rings is 1. The van der Waals surface area contributed by atoms with Crippen LogP contribution in [-0.4, -0.2) is 16.5 Å². The van der Waals surface area contributed by atoms with Gasteiger partial charge in [0.2, 0.25) is 0 Å². The van der Waals surface area contributed by atoms with Gasteiger partial charge < -0.3 is 9.73 Å². The maximum atomic E-state index is 5.55. The summed E-state index contributed by atoms with van der Waals surface area (Å²) in [6, 6.07) is 1.89. The molecule has 0 aliphatic heterocycles. The zero-order valence-corrected chi connectivity index (χ0v) is 12.6. The Labute approximate surface area is 120 Å². The van der Waals surface area contributed by atoms with Gasteiger partial charge in [0.25, 0.3) is 0 Å². The zero-order chi connectivity index (χ0) is 13.4. The van der Waals surface area contributed by atoms with Crippen LogP contribution in [0.4, 0.5) is 5.82 Å². The summed E-state index contributed by atoms with van der Waals surface area (Å²) in [5, 5.41) is 3.31. The molecule has 2 aromatic heterocycles. The number of aromatic nitrogens is 2. The minimum atomic E-state index is 0.519. The summed E-state index contributed by atoms with van der Waals surface area (Å²) in [5.74, 6) is 3.14. The Morgan fingerprint density at radius 3 is 2.79 bits per heavy atom. The van der Waals surface area contributed by atoms with Crippen LogP contribution in [0.5, 0.6) is 0 Å². The second-order valence-corrected chi connectivity index (χ2v) is 5.66. The van der Waals surface area contributed by atoms with E-state index in [9.17, 15) is 0 Å². The molecular weight excluding hydrogens is 306 g/mol. The summed E-state index contributed by atoms with van der Waals surface area (Å²) in [5.41, 5.74) is 1.91. The molecule has 3 rings (SSSR count). The lowest BCUT2D eigenvalue weighted by atomic mass is 10.2. The van der Waals surface area contributed by atoms with Crippen molar-refractivity contribution in [2.75, 3.05) is 11.9 Å². The van der Waals surface area contributed by atoms with Crippen LogP contribution in [0.15, 0.2) is 21.2 Å². The summed E-state index contributed by atoms with van der Waals surface area (Å²) >= 11 is 3.50. The molecule has 2 aromatic rings. The number of halogens is 1. The van der Waals surface area contributed by atoms with E-state index in [4.69, 9.17) is 9.40 Å². The Bertz CT molecular complexity index is 605. The van der Waals surface area contributed by atoms with Gasteiger partial charge in [-0.15, -0.1) is 0 Å². The number of rotatable bonds is 4. The van der Waals surface area contributed by atoms with Gasteiger partial charge in [-0.05, 0) is 48.7 Å². The summed E-state index contributed by atoms with van der Waals surface area (Å²) < 4.78 is 6.48. The molecular formula is C14H16BrN3O. The second-order valence-electron chi connectivity index (χ2n) is 4.81. The van der Waals surface area contributed by atoms with E-state index < -0.39 is 0 Å². The van der Waals surface area contributed by atoms with E-state index in [-0.39, 0.29) is 0 Å². The average molecular weight is 322 g/mol. The third-order valence-corrected chi connectivity index (χ3v) is 3.91. The lowest BCUT2D eigenvalue weighted by Crippen LogP contribution is -2.07. The molecule has 0 amide bonds. The molecule has 1 saturated carbocycles. The maximum Gasteiger partial charge on any atom is 0.166 e. The molecule has 100 valence electrons. The molecule has 0 saturated heterocycles. The molecule has 0 aromatic carbocycles. The van der Waals surface area contributed by atoms with Crippen LogP contribution in [0.2, 0.25) is 0 Å². The topological polar surface area (TPSA) is 51.0 Å². The molecule has 4 nitrogen and oxygen atoms in total.